The third-order valence-corrected chi connectivity index (χ3v) is 5.20. The maximum Gasteiger partial charge on any atom is 0.282 e. The van der Waals surface area contributed by atoms with Gasteiger partial charge in [0.1, 0.15) is 24.7 Å². The van der Waals surface area contributed by atoms with Crippen LogP contribution in [0.4, 0.5) is 0 Å². The van der Waals surface area contributed by atoms with E-state index in [1.54, 1.807) is 25.1 Å². The van der Waals surface area contributed by atoms with Crippen molar-refractivity contribution < 1.29 is 23.8 Å². The molecule has 2 aliphatic heterocycles. The minimum atomic E-state index is -0.537. The molecule has 2 aromatic carbocycles. The molecule has 1 amide bonds. The number of para-hydroxylation sites is 1. The number of amides is 1. The summed E-state index contributed by atoms with van der Waals surface area (Å²) in [4.78, 5) is 21.9. The molecule has 0 unspecified atom stereocenters. The maximum atomic E-state index is 12.5. The van der Waals surface area contributed by atoms with E-state index >= 15 is 0 Å². The molecule has 0 atom stereocenters. The third kappa shape index (κ3) is 4.70. The van der Waals surface area contributed by atoms with Crippen LogP contribution in [0.1, 0.15) is 18.1 Å². The molecule has 0 spiro atoms. The number of aliphatic imine (C=N–C) groups is 1. The topological polar surface area (TPSA) is 93.4 Å². The fourth-order valence-electron chi connectivity index (χ4n) is 3.34. The first-order valence-electron chi connectivity index (χ1n) is 10.2. The number of carbonyl (C=O) groups is 1. The van der Waals surface area contributed by atoms with Crippen LogP contribution in [0.5, 0.6) is 17.2 Å². The summed E-state index contributed by atoms with van der Waals surface area (Å²) in [5.74, 6) is 1.73. The Morgan fingerprint density at radius 1 is 1.15 bits per heavy atom. The summed E-state index contributed by atoms with van der Waals surface area (Å²) in [7, 11) is 1.50. The van der Waals surface area contributed by atoms with Crippen molar-refractivity contribution in [1.29, 1.82) is 5.41 Å². The molecule has 2 aliphatic rings. The van der Waals surface area contributed by atoms with Crippen LogP contribution in [-0.4, -0.2) is 43.0 Å². The van der Waals surface area contributed by atoms with Crippen molar-refractivity contribution in [3.8, 4) is 17.2 Å². The molecule has 8 nitrogen and oxygen atoms in total. The first kappa shape index (κ1) is 22.4. The van der Waals surface area contributed by atoms with Crippen molar-refractivity contribution in [2.75, 3.05) is 20.3 Å². The lowest BCUT2D eigenvalue weighted by Gasteiger charge is -2.23. The minimum absolute atomic E-state index is 0.0697. The summed E-state index contributed by atoms with van der Waals surface area (Å²) in [6.45, 7) is 4.27. The van der Waals surface area contributed by atoms with E-state index in [0.29, 0.717) is 34.5 Å². The monoisotopic (exact) mass is 467 g/mol. The SMILES string of the molecule is COc1cc(/C=C2/C(=N)N3OC(C)=CC3=NC2=O)cc(Cl)c1OCCOc1ccccc1C. The number of nitrogens with zero attached hydrogens (tertiary/aromatic N) is 2. The first-order valence-corrected chi connectivity index (χ1v) is 10.5. The number of fused-ring (bicyclic) bond motifs is 1. The molecule has 0 aliphatic carbocycles. The molecule has 0 fully saturated rings. The number of nitrogens with one attached hydrogen (secondary N) is 1. The van der Waals surface area contributed by atoms with Crippen molar-refractivity contribution in [2.24, 2.45) is 4.99 Å². The standard InChI is InChI=1S/C24H22ClN3O5/c1-14-6-4-5-7-19(14)31-8-9-32-22-18(25)12-16(13-20(22)30-3)11-17-23(26)28-21(27-24(17)29)10-15(2)33-28/h4-7,10-13,26H,8-9H2,1-3H3/b17-11-,26-23?. The quantitative estimate of drug-likeness (QED) is 0.473. The minimum Gasteiger partial charge on any atom is -0.493 e. The largest absolute Gasteiger partial charge is 0.493 e. The molecule has 0 bridgehead atoms. The molecule has 0 saturated carbocycles. The van der Waals surface area contributed by atoms with Gasteiger partial charge in [-0.05, 0) is 49.2 Å². The zero-order valence-corrected chi connectivity index (χ0v) is 19.1. The molecule has 2 heterocycles. The lowest BCUT2D eigenvalue weighted by molar-refractivity contribution is -0.114. The average molecular weight is 468 g/mol. The van der Waals surface area contributed by atoms with Gasteiger partial charge in [-0.15, -0.1) is 5.06 Å². The molecule has 9 heteroatoms. The molecule has 1 N–H and O–H groups in total. The Morgan fingerprint density at radius 3 is 2.67 bits per heavy atom. The van der Waals surface area contributed by atoms with Crippen molar-refractivity contribution in [2.45, 2.75) is 13.8 Å². The summed E-state index contributed by atoms with van der Waals surface area (Å²) < 4.78 is 17.0. The van der Waals surface area contributed by atoms with E-state index in [-0.39, 0.29) is 23.9 Å². The van der Waals surface area contributed by atoms with Gasteiger partial charge in [-0.1, -0.05) is 29.8 Å². The Morgan fingerprint density at radius 2 is 1.91 bits per heavy atom. The van der Waals surface area contributed by atoms with Gasteiger partial charge in [0.15, 0.2) is 23.2 Å². The number of halogens is 1. The predicted octanol–water partition coefficient (Wildman–Crippen LogP) is 4.57. The van der Waals surface area contributed by atoms with Gasteiger partial charge in [0.2, 0.25) is 0 Å². The maximum absolute atomic E-state index is 12.5. The average Bonchev–Trinajstić information content (AvgIpc) is 3.16. The summed E-state index contributed by atoms with van der Waals surface area (Å²) in [6, 6.07) is 11.0. The van der Waals surface area contributed by atoms with Gasteiger partial charge in [0.05, 0.1) is 17.7 Å². The summed E-state index contributed by atoms with van der Waals surface area (Å²) >= 11 is 6.45. The molecule has 4 rings (SSSR count). The molecular formula is C24H22ClN3O5. The predicted molar refractivity (Wildman–Crippen MR) is 125 cm³/mol. The Kier molecular flexibility index (Phi) is 6.37. The number of methoxy groups -OCH3 is 1. The Hall–Kier alpha value is -3.78. The summed E-state index contributed by atoms with van der Waals surface area (Å²) in [6.07, 6.45) is 3.11. The Labute approximate surface area is 196 Å². The summed E-state index contributed by atoms with van der Waals surface area (Å²) in [5, 5.41) is 9.83. The van der Waals surface area contributed by atoms with Crippen LogP contribution in [0.3, 0.4) is 0 Å². The van der Waals surface area contributed by atoms with Crippen LogP contribution < -0.4 is 14.2 Å². The van der Waals surface area contributed by atoms with E-state index in [1.807, 2.05) is 31.2 Å². The lowest BCUT2D eigenvalue weighted by Crippen LogP contribution is -2.38. The number of carbonyl (C=O) groups excluding carboxylic acids is 1. The van der Waals surface area contributed by atoms with Gasteiger partial charge < -0.3 is 19.0 Å². The number of hydrogen-bond donors (Lipinski definition) is 1. The van der Waals surface area contributed by atoms with Crippen molar-refractivity contribution >= 4 is 35.3 Å². The number of ether oxygens (including phenoxy) is 3. The smallest absolute Gasteiger partial charge is 0.282 e. The van der Waals surface area contributed by atoms with Crippen LogP contribution in [0.15, 0.2) is 58.8 Å². The molecule has 0 aromatic heterocycles. The first-order chi connectivity index (χ1) is 15.9. The van der Waals surface area contributed by atoms with E-state index in [4.69, 9.17) is 36.1 Å². The van der Waals surface area contributed by atoms with Gasteiger partial charge in [-0.25, -0.2) is 0 Å². The zero-order valence-electron chi connectivity index (χ0n) is 18.3. The van der Waals surface area contributed by atoms with Gasteiger partial charge in [-0.2, -0.15) is 4.99 Å². The molecule has 170 valence electrons. The number of hydroxylamine groups is 2. The highest BCUT2D eigenvalue weighted by atomic mass is 35.5. The Balaban J connectivity index is 1.49. The number of aryl methyl sites for hydroxylation is 1. The second kappa shape index (κ2) is 9.38. The third-order valence-electron chi connectivity index (χ3n) is 4.92. The lowest BCUT2D eigenvalue weighted by atomic mass is 10.1. The molecule has 0 radical (unpaired) electrons. The second-order valence-electron chi connectivity index (χ2n) is 7.32. The van der Waals surface area contributed by atoms with E-state index < -0.39 is 5.91 Å². The molecular weight excluding hydrogens is 446 g/mol. The molecule has 0 saturated heterocycles. The van der Waals surface area contributed by atoms with E-state index in [1.165, 1.54) is 18.2 Å². The Bertz CT molecular complexity index is 1220. The number of amidine groups is 2. The van der Waals surface area contributed by atoms with E-state index in [2.05, 4.69) is 4.99 Å². The van der Waals surface area contributed by atoms with Gasteiger partial charge in [0.25, 0.3) is 5.91 Å². The van der Waals surface area contributed by atoms with Crippen LogP contribution in [-0.2, 0) is 9.63 Å². The van der Waals surface area contributed by atoms with Crippen LogP contribution in [0.25, 0.3) is 6.08 Å². The van der Waals surface area contributed by atoms with Crippen LogP contribution >= 0.6 is 11.6 Å². The van der Waals surface area contributed by atoms with E-state index in [9.17, 15) is 4.79 Å². The van der Waals surface area contributed by atoms with Crippen molar-refractivity contribution in [3.63, 3.8) is 0 Å². The van der Waals surface area contributed by atoms with Gasteiger partial charge in [-0.3, -0.25) is 10.2 Å². The number of rotatable bonds is 7. The van der Waals surface area contributed by atoms with Crippen molar-refractivity contribution in [3.05, 3.63) is 70.0 Å². The van der Waals surface area contributed by atoms with Crippen LogP contribution in [0, 0.1) is 12.3 Å². The van der Waals surface area contributed by atoms with Gasteiger partial charge >= 0.3 is 0 Å². The normalized spacial score (nSPS) is 16.2. The fourth-order valence-corrected chi connectivity index (χ4v) is 3.62. The number of benzene rings is 2. The molecule has 2 aromatic rings. The highest BCUT2D eigenvalue weighted by Crippen LogP contribution is 2.37. The number of hydrogen-bond acceptors (Lipinski definition) is 6. The second-order valence-corrected chi connectivity index (χ2v) is 7.73. The molecule has 33 heavy (non-hydrogen) atoms. The highest BCUT2D eigenvalue weighted by Gasteiger charge is 2.34. The van der Waals surface area contributed by atoms with Crippen LogP contribution in [0.2, 0.25) is 5.02 Å². The van der Waals surface area contributed by atoms with Crippen molar-refractivity contribution in [1.82, 2.24) is 5.06 Å². The van der Waals surface area contributed by atoms with Gasteiger partial charge in [0, 0.05) is 6.08 Å². The van der Waals surface area contributed by atoms with E-state index in [0.717, 1.165) is 11.3 Å². The summed E-state index contributed by atoms with van der Waals surface area (Å²) in [5.41, 5.74) is 1.66. The number of allylic oxidation sites excluding steroid dienone is 1. The highest BCUT2D eigenvalue weighted by molar-refractivity contribution is 6.33. The fraction of sp³-hybridized carbons (Fsp3) is 0.208. The zero-order chi connectivity index (χ0) is 23.5.